The molecule has 0 saturated heterocycles. The van der Waals surface area contributed by atoms with E-state index in [-0.39, 0.29) is 6.54 Å². The predicted octanol–water partition coefficient (Wildman–Crippen LogP) is 0.537. The zero-order chi connectivity index (χ0) is 10.6. The quantitative estimate of drug-likeness (QED) is 0.642. The number of hydrogen-bond donors (Lipinski definition) is 3. The third kappa shape index (κ3) is 3.73. The fourth-order valence-corrected chi connectivity index (χ4v) is 1.61. The Hall–Kier alpha value is -1.11. The van der Waals surface area contributed by atoms with E-state index < -0.39 is 10.0 Å². The van der Waals surface area contributed by atoms with Gasteiger partial charge in [-0.2, -0.15) is 0 Å². The highest BCUT2D eigenvalue weighted by Crippen LogP contribution is 2.11. The first-order chi connectivity index (χ1) is 6.51. The van der Waals surface area contributed by atoms with E-state index >= 15 is 0 Å². The second-order valence-electron chi connectivity index (χ2n) is 2.91. The molecule has 14 heavy (non-hydrogen) atoms. The Morgan fingerprint density at radius 1 is 1.43 bits per heavy atom. The molecular formula is C8H12N2O3S. The van der Waals surface area contributed by atoms with Crippen LogP contribution in [-0.2, 0) is 16.6 Å². The van der Waals surface area contributed by atoms with E-state index in [0.717, 1.165) is 11.8 Å². The van der Waals surface area contributed by atoms with E-state index in [1.165, 1.54) is 0 Å². The highest BCUT2D eigenvalue weighted by Gasteiger charge is 2.01. The molecule has 0 aliphatic carbocycles. The summed E-state index contributed by atoms with van der Waals surface area (Å²) in [5, 5.41) is 8.45. The van der Waals surface area contributed by atoms with Gasteiger partial charge >= 0.3 is 0 Å². The van der Waals surface area contributed by atoms with Crippen LogP contribution < -0.4 is 10.2 Å². The van der Waals surface area contributed by atoms with Crippen molar-refractivity contribution in [2.45, 2.75) is 6.54 Å². The van der Waals surface area contributed by atoms with Gasteiger partial charge < -0.3 is 5.21 Å². The second-order valence-corrected chi connectivity index (χ2v) is 4.66. The predicted molar refractivity (Wildman–Crippen MR) is 53.5 cm³/mol. The summed E-state index contributed by atoms with van der Waals surface area (Å²) in [6, 6.07) is 6.77. The molecule has 0 amide bonds. The maximum absolute atomic E-state index is 10.9. The summed E-state index contributed by atoms with van der Waals surface area (Å²) in [7, 11) is -3.24. The van der Waals surface area contributed by atoms with Crippen molar-refractivity contribution in [2.75, 3.05) is 11.0 Å². The molecule has 0 saturated carbocycles. The first-order valence-electron chi connectivity index (χ1n) is 3.95. The lowest BCUT2D eigenvalue weighted by atomic mass is 10.2. The van der Waals surface area contributed by atoms with Crippen LogP contribution in [0, 0.1) is 0 Å². The van der Waals surface area contributed by atoms with Crippen LogP contribution in [0.2, 0.25) is 0 Å². The van der Waals surface area contributed by atoms with Crippen molar-refractivity contribution in [3.63, 3.8) is 0 Å². The van der Waals surface area contributed by atoms with Gasteiger partial charge in [0.05, 0.1) is 6.26 Å². The van der Waals surface area contributed by atoms with E-state index in [9.17, 15) is 8.42 Å². The van der Waals surface area contributed by atoms with Crippen molar-refractivity contribution >= 4 is 15.7 Å². The molecule has 78 valence electrons. The minimum Gasteiger partial charge on any atom is -0.316 e. The van der Waals surface area contributed by atoms with Gasteiger partial charge in [0.25, 0.3) is 0 Å². The minimum atomic E-state index is -3.24. The Kier molecular flexibility index (Phi) is 3.45. The molecule has 0 atom stereocenters. The number of hydroxylamine groups is 1. The van der Waals surface area contributed by atoms with E-state index in [1.807, 2.05) is 5.48 Å². The number of rotatable bonds is 4. The fourth-order valence-electron chi connectivity index (χ4n) is 1.05. The van der Waals surface area contributed by atoms with E-state index in [4.69, 9.17) is 5.21 Å². The number of sulfonamides is 1. The molecule has 1 aromatic carbocycles. The van der Waals surface area contributed by atoms with Crippen LogP contribution in [0.4, 0.5) is 5.69 Å². The largest absolute Gasteiger partial charge is 0.316 e. The molecule has 6 heteroatoms. The van der Waals surface area contributed by atoms with Crippen LogP contribution in [-0.4, -0.2) is 19.9 Å². The van der Waals surface area contributed by atoms with Gasteiger partial charge in [-0.25, -0.2) is 13.9 Å². The van der Waals surface area contributed by atoms with Gasteiger partial charge in [-0.15, -0.1) is 0 Å². The van der Waals surface area contributed by atoms with Gasteiger partial charge in [-0.3, -0.25) is 4.72 Å². The van der Waals surface area contributed by atoms with Crippen LogP contribution in [0.25, 0.3) is 0 Å². The maximum atomic E-state index is 10.9. The smallest absolute Gasteiger partial charge is 0.229 e. The van der Waals surface area contributed by atoms with E-state index in [0.29, 0.717) is 5.69 Å². The maximum Gasteiger partial charge on any atom is 0.229 e. The Morgan fingerprint density at radius 3 is 2.71 bits per heavy atom. The van der Waals surface area contributed by atoms with Crippen molar-refractivity contribution < 1.29 is 13.6 Å². The van der Waals surface area contributed by atoms with Gasteiger partial charge in [0, 0.05) is 12.2 Å². The summed E-state index contributed by atoms with van der Waals surface area (Å²) in [6.07, 6.45) is 1.09. The third-order valence-electron chi connectivity index (χ3n) is 1.51. The molecule has 5 nitrogen and oxygen atoms in total. The molecule has 0 unspecified atom stereocenters. The number of nitrogens with one attached hydrogen (secondary N) is 2. The summed E-state index contributed by atoms with van der Waals surface area (Å²) in [6.45, 7) is 0.277. The molecule has 0 radical (unpaired) electrons. The van der Waals surface area contributed by atoms with Crippen LogP contribution in [0.5, 0.6) is 0 Å². The van der Waals surface area contributed by atoms with Crippen molar-refractivity contribution in [3.05, 3.63) is 29.8 Å². The molecule has 0 bridgehead atoms. The van der Waals surface area contributed by atoms with Gasteiger partial charge in [-0.05, 0) is 17.7 Å². The van der Waals surface area contributed by atoms with E-state index in [1.54, 1.807) is 24.3 Å². The van der Waals surface area contributed by atoms with Gasteiger partial charge in [-0.1, -0.05) is 12.1 Å². The molecule has 0 aliphatic rings. The highest BCUT2D eigenvalue weighted by molar-refractivity contribution is 7.92. The monoisotopic (exact) mass is 216 g/mol. The molecule has 0 aromatic heterocycles. The topological polar surface area (TPSA) is 78.4 Å². The molecular weight excluding hydrogens is 204 g/mol. The number of anilines is 1. The van der Waals surface area contributed by atoms with Crippen LogP contribution in [0.1, 0.15) is 5.56 Å². The molecule has 1 rings (SSSR count). The lowest BCUT2D eigenvalue weighted by Crippen LogP contribution is -2.10. The van der Waals surface area contributed by atoms with Crippen molar-refractivity contribution in [2.24, 2.45) is 0 Å². The average Bonchev–Trinajstić information content (AvgIpc) is 2.02. The van der Waals surface area contributed by atoms with Gasteiger partial charge in [0.15, 0.2) is 0 Å². The first kappa shape index (κ1) is 11.0. The molecule has 0 aliphatic heterocycles. The Balaban J connectivity index is 2.83. The summed E-state index contributed by atoms with van der Waals surface area (Å²) < 4.78 is 24.1. The highest BCUT2D eigenvalue weighted by atomic mass is 32.2. The second kappa shape index (κ2) is 4.41. The van der Waals surface area contributed by atoms with Gasteiger partial charge in [0.1, 0.15) is 0 Å². The standard InChI is InChI=1S/C8H12N2O3S/c1-14(12,13)10-8-4-2-3-7(5-8)6-9-11/h2-5,9-11H,6H2,1H3. The number of hydrogen-bond acceptors (Lipinski definition) is 4. The Labute approximate surface area is 82.8 Å². The van der Waals surface area contributed by atoms with Crippen LogP contribution >= 0.6 is 0 Å². The molecule has 0 heterocycles. The normalized spacial score (nSPS) is 11.3. The summed E-state index contributed by atoms with van der Waals surface area (Å²) in [5.41, 5.74) is 3.28. The summed E-state index contributed by atoms with van der Waals surface area (Å²) in [4.78, 5) is 0. The Bertz CT molecular complexity index is 403. The molecule has 1 aromatic rings. The van der Waals surface area contributed by atoms with Crippen molar-refractivity contribution in [1.82, 2.24) is 5.48 Å². The molecule has 0 fully saturated rings. The third-order valence-corrected chi connectivity index (χ3v) is 2.12. The molecule has 3 N–H and O–H groups in total. The van der Waals surface area contributed by atoms with E-state index in [2.05, 4.69) is 4.72 Å². The van der Waals surface area contributed by atoms with Crippen LogP contribution in [0.15, 0.2) is 24.3 Å². The lowest BCUT2D eigenvalue weighted by molar-refractivity contribution is 0.161. The van der Waals surface area contributed by atoms with Gasteiger partial charge in [0.2, 0.25) is 10.0 Å². The zero-order valence-electron chi connectivity index (χ0n) is 7.69. The number of benzene rings is 1. The van der Waals surface area contributed by atoms with Crippen molar-refractivity contribution in [3.8, 4) is 0 Å². The lowest BCUT2D eigenvalue weighted by Gasteiger charge is -2.05. The SMILES string of the molecule is CS(=O)(=O)Nc1cccc(CNO)c1. The molecule has 0 spiro atoms. The van der Waals surface area contributed by atoms with Crippen molar-refractivity contribution in [1.29, 1.82) is 0 Å². The fraction of sp³-hybridized carbons (Fsp3) is 0.250. The minimum absolute atomic E-state index is 0.277. The Morgan fingerprint density at radius 2 is 2.14 bits per heavy atom. The average molecular weight is 216 g/mol. The zero-order valence-corrected chi connectivity index (χ0v) is 8.50. The van der Waals surface area contributed by atoms with Crippen LogP contribution in [0.3, 0.4) is 0 Å². The summed E-state index contributed by atoms with van der Waals surface area (Å²) in [5.74, 6) is 0. The summed E-state index contributed by atoms with van der Waals surface area (Å²) >= 11 is 0. The first-order valence-corrected chi connectivity index (χ1v) is 5.84.